The second-order valence-electron chi connectivity index (χ2n) is 6.21. The van der Waals surface area contributed by atoms with Crippen LogP contribution in [0.5, 0.6) is 0 Å². The summed E-state index contributed by atoms with van der Waals surface area (Å²) in [7, 11) is 0. The summed E-state index contributed by atoms with van der Waals surface area (Å²) in [6.07, 6.45) is 3.96. The Kier molecular flexibility index (Phi) is 8.42. The van der Waals surface area contributed by atoms with E-state index in [9.17, 15) is 4.79 Å². The molecule has 0 aliphatic carbocycles. The first-order valence-corrected chi connectivity index (χ1v) is 8.23. The quantitative estimate of drug-likeness (QED) is 0.851. The van der Waals surface area contributed by atoms with Gasteiger partial charge in [-0.3, -0.25) is 9.78 Å². The molecule has 2 aromatic heterocycles. The number of carbonyl (C=O) groups is 1. The van der Waals surface area contributed by atoms with E-state index in [4.69, 9.17) is 0 Å². The topological polar surface area (TPSA) is 59.0 Å². The highest BCUT2D eigenvalue weighted by Crippen LogP contribution is 2.17. The predicted molar refractivity (Wildman–Crippen MR) is 105 cm³/mol. The van der Waals surface area contributed by atoms with Gasteiger partial charge in [0.2, 0.25) is 0 Å². The number of aromatic nitrogens is 2. The first-order chi connectivity index (χ1) is 11.1. The van der Waals surface area contributed by atoms with Gasteiger partial charge in [-0.1, -0.05) is 6.07 Å². The van der Waals surface area contributed by atoms with Crippen LogP contribution in [-0.4, -0.2) is 34.6 Å². The van der Waals surface area contributed by atoms with Gasteiger partial charge in [-0.2, -0.15) is 0 Å². The number of nitrogens with zero attached hydrogens (tertiary/aromatic N) is 2. The summed E-state index contributed by atoms with van der Waals surface area (Å²) in [5.41, 5.74) is 3.84. The Morgan fingerprint density at radius 2 is 2.16 bits per heavy atom. The molecule has 0 spiro atoms. The standard InChI is InChI=1S/C18H24N4O.2ClH/c1-13-10-17(18(23)21-15-7-5-8-19-11-15)14(2)22(13)12-16-6-3-4-9-20-16;;/h3-4,6,9-10,15,19H,5,7-8,11-12H2,1-2H3,(H,21,23);2*1H/t15-;;/m0../s1. The molecular formula is C18H26Cl2N4O. The Labute approximate surface area is 161 Å². The van der Waals surface area contributed by atoms with Gasteiger partial charge in [0, 0.05) is 30.2 Å². The molecule has 0 radical (unpaired) electrons. The van der Waals surface area contributed by atoms with Crippen LogP contribution in [0.25, 0.3) is 0 Å². The largest absolute Gasteiger partial charge is 0.348 e. The van der Waals surface area contributed by atoms with Crippen LogP contribution in [0.15, 0.2) is 30.5 Å². The highest BCUT2D eigenvalue weighted by molar-refractivity contribution is 5.96. The number of rotatable bonds is 4. The van der Waals surface area contributed by atoms with Crippen molar-refractivity contribution in [1.29, 1.82) is 0 Å². The molecule has 0 saturated carbocycles. The number of hydrogen-bond acceptors (Lipinski definition) is 3. The van der Waals surface area contributed by atoms with Crippen molar-refractivity contribution in [3.63, 3.8) is 0 Å². The van der Waals surface area contributed by atoms with Gasteiger partial charge in [0.15, 0.2) is 0 Å². The molecule has 1 saturated heterocycles. The fourth-order valence-corrected chi connectivity index (χ4v) is 3.17. The summed E-state index contributed by atoms with van der Waals surface area (Å²) in [6.45, 7) is 6.64. The Bertz CT molecular complexity index is 682. The summed E-state index contributed by atoms with van der Waals surface area (Å²) >= 11 is 0. The fraction of sp³-hybridized carbons (Fsp3) is 0.444. The maximum absolute atomic E-state index is 12.6. The van der Waals surface area contributed by atoms with Gasteiger partial charge in [-0.15, -0.1) is 24.8 Å². The zero-order chi connectivity index (χ0) is 16.2. The van der Waals surface area contributed by atoms with Crippen LogP contribution < -0.4 is 10.6 Å². The van der Waals surface area contributed by atoms with E-state index < -0.39 is 0 Å². The molecule has 1 amide bonds. The molecule has 5 nitrogen and oxygen atoms in total. The number of piperidine rings is 1. The highest BCUT2D eigenvalue weighted by Gasteiger charge is 2.20. The van der Waals surface area contributed by atoms with Crippen molar-refractivity contribution in [2.45, 2.75) is 39.3 Å². The lowest BCUT2D eigenvalue weighted by Gasteiger charge is -2.23. The maximum atomic E-state index is 12.6. The molecule has 1 atom stereocenters. The smallest absolute Gasteiger partial charge is 0.253 e. The average molecular weight is 385 g/mol. The molecule has 0 bridgehead atoms. The van der Waals surface area contributed by atoms with Crippen LogP contribution in [0.1, 0.15) is 40.3 Å². The minimum absolute atomic E-state index is 0. The molecule has 25 heavy (non-hydrogen) atoms. The van der Waals surface area contributed by atoms with Gasteiger partial charge in [0.1, 0.15) is 0 Å². The Balaban J connectivity index is 0.00000156. The summed E-state index contributed by atoms with van der Waals surface area (Å²) in [5.74, 6) is 0.0269. The Morgan fingerprint density at radius 1 is 1.36 bits per heavy atom. The van der Waals surface area contributed by atoms with E-state index in [-0.39, 0.29) is 36.8 Å². The second kappa shape index (κ2) is 9.80. The van der Waals surface area contributed by atoms with Crippen molar-refractivity contribution in [3.05, 3.63) is 53.1 Å². The minimum Gasteiger partial charge on any atom is -0.348 e. The lowest BCUT2D eigenvalue weighted by molar-refractivity contribution is 0.0930. The van der Waals surface area contributed by atoms with Crippen molar-refractivity contribution >= 4 is 30.7 Å². The third-order valence-corrected chi connectivity index (χ3v) is 4.50. The molecule has 0 unspecified atom stereocenters. The number of aryl methyl sites for hydroxylation is 1. The van der Waals surface area contributed by atoms with E-state index in [1.54, 1.807) is 6.20 Å². The summed E-state index contributed by atoms with van der Waals surface area (Å²) in [5, 5.41) is 6.48. The zero-order valence-electron chi connectivity index (χ0n) is 14.6. The number of carbonyl (C=O) groups excluding carboxylic acids is 1. The molecule has 1 aliphatic rings. The molecular weight excluding hydrogens is 359 g/mol. The van der Waals surface area contributed by atoms with E-state index >= 15 is 0 Å². The first kappa shape index (κ1) is 21.5. The zero-order valence-corrected chi connectivity index (χ0v) is 16.3. The number of pyridine rings is 1. The van der Waals surface area contributed by atoms with Crippen molar-refractivity contribution in [3.8, 4) is 0 Å². The van der Waals surface area contributed by atoms with Gasteiger partial charge in [-0.25, -0.2) is 0 Å². The van der Waals surface area contributed by atoms with Gasteiger partial charge >= 0.3 is 0 Å². The monoisotopic (exact) mass is 384 g/mol. The van der Waals surface area contributed by atoms with E-state index in [1.807, 2.05) is 38.1 Å². The maximum Gasteiger partial charge on any atom is 0.253 e. The van der Waals surface area contributed by atoms with Crippen LogP contribution in [0, 0.1) is 13.8 Å². The molecule has 0 aromatic carbocycles. The predicted octanol–water partition coefficient (Wildman–Crippen LogP) is 2.87. The highest BCUT2D eigenvalue weighted by atomic mass is 35.5. The molecule has 7 heteroatoms. The number of amides is 1. The molecule has 2 N–H and O–H groups in total. The van der Waals surface area contributed by atoms with E-state index in [0.29, 0.717) is 6.54 Å². The summed E-state index contributed by atoms with van der Waals surface area (Å²) < 4.78 is 2.15. The summed E-state index contributed by atoms with van der Waals surface area (Å²) in [6, 6.07) is 8.11. The number of halogens is 2. The van der Waals surface area contributed by atoms with Crippen LogP contribution in [-0.2, 0) is 6.54 Å². The van der Waals surface area contributed by atoms with E-state index in [1.165, 1.54) is 0 Å². The Morgan fingerprint density at radius 3 is 2.80 bits per heavy atom. The lowest BCUT2D eigenvalue weighted by atomic mass is 10.1. The van der Waals surface area contributed by atoms with Gasteiger partial charge < -0.3 is 15.2 Å². The third-order valence-electron chi connectivity index (χ3n) is 4.50. The molecule has 1 aliphatic heterocycles. The minimum atomic E-state index is 0. The molecule has 3 rings (SSSR count). The van der Waals surface area contributed by atoms with Crippen molar-refractivity contribution in [2.24, 2.45) is 0 Å². The second-order valence-corrected chi connectivity index (χ2v) is 6.21. The van der Waals surface area contributed by atoms with Gasteiger partial charge in [0.25, 0.3) is 5.91 Å². The van der Waals surface area contributed by atoms with Crippen LogP contribution in [0.4, 0.5) is 0 Å². The van der Waals surface area contributed by atoms with Crippen molar-refractivity contribution in [1.82, 2.24) is 20.2 Å². The summed E-state index contributed by atoms with van der Waals surface area (Å²) in [4.78, 5) is 17.0. The average Bonchev–Trinajstić information content (AvgIpc) is 2.85. The van der Waals surface area contributed by atoms with E-state index in [2.05, 4.69) is 20.2 Å². The molecule has 2 aromatic rings. The van der Waals surface area contributed by atoms with Crippen LogP contribution in [0.3, 0.4) is 0 Å². The first-order valence-electron chi connectivity index (χ1n) is 8.23. The molecule has 1 fully saturated rings. The number of nitrogens with one attached hydrogen (secondary N) is 2. The number of hydrogen-bond donors (Lipinski definition) is 2. The normalized spacial score (nSPS) is 16.5. The lowest BCUT2D eigenvalue weighted by Crippen LogP contribution is -2.45. The fourth-order valence-electron chi connectivity index (χ4n) is 3.17. The Hall–Kier alpha value is -1.56. The van der Waals surface area contributed by atoms with Crippen molar-refractivity contribution < 1.29 is 4.79 Å². The molecule has 3 heterocycles. The van der Waals surface area contributed by atoms with Gasteiger partial charge in [0.05, 0.1) is 17.8 Å². The van der Waals surface area contributed by atoms with E-state index in [0.717, 1.165) is 48.6 Å². The van der Waals surface area contributed by atoms with Gasteiger partial charge in [-0.05, 0) is 51.4 Å². The SMILES string of the molecule is Cc1cc(C(=O)N[C@H]2CCCNC2)c(C)n1Cc1ccccn1.Cl.Cl. The van der Waals surface area contributed by atoms with Crippen molar-refractivity contribution in [2.75, 3.05) is 13.1 Å². The van der Waals surface area contributed by atoms with Crippen LogP contribution >= 0.6 is 24.8 Å². The molecule has 138 valence electrons. The third kappa shape index (κ3) is 5.21. The van der Waals surface area contributed by atoms with Crippen LogP contribution in [0.2, 0.25) is 0 Å².